The van der Waals surface area contributed by atoms with E-state index in [4.69, 9.17) is 11.6 Å². The van der Waals surface area contributed by atoms with E-state index in [-0.39, 0.29) is 11.9 Å². The van der Waals surface area contributed by atoms with E-state index in [1.807, 2.05) is 31.1 Å². The summed E-state index contributed by atoms with van der Waals surface area (Å²) in [6.07, 6.45) is 0. The molecular formula is C24H30ClN3O. The molecule has 5 heteroatoms. The summed E-state index contributed by atoms with van der Waals surface area (Å²) in [7, 11) is 3.92. The zero-order valence-electron chi connectivity index (χ0n) is 17.5. The van der Waals surface area contributed by atoms with E-state index in [1.54, 1.807) is 0 Å². The first-order valence-corrected chi connectivity index (χ1v) is 10.8. The van der Waals surface area contributed by atoms with Gasteiger partial charge in [-0.25, -0.2) is 0 Å². The van der Waals surface area contributed by atoms with Crippen LogP contribution in [0.15, 0.2) is 48.5 Å². The number of carbonyl (C=O) groups excluding carboxylic acids is 1. The minimum Gasteiger partial charge on any atom is -0.334 e. The molecule has 0 aliphatic carbocycles. The van der Waals surface area contributed by atoms with Crippen molar-refractivity contribution in [3.05, 3.63) is 70.2 Å². The maximum Gasteiger partial charge on any atom is 0.237 e. The molecule has 0 unspecified atom stereocenters. The number of halogens is 1. The molecule has 2 aliphatic rings. The van der Waals surface area contributed by atoms with Gasteiger partial charge < -0.3 is 9.80 Å². The Morgan fingerprint density at radius 1 is 1.07 bits per heavy atom. The molecule has 4 rings (SSSR count). The first kappa shape index (κ1) is 20.4. The Bertz CT molecular complexity index is 884. The van der Waals surface area contributed by atoms with Crippen molar-refractivity contribution in [3.8, 4) is 0 Å². The minimum absolute atomic E-state index is 0.157. The number of likely N-dealkylation sites (tertiary alicyclic amines) is 2. The monoisotopic (exact) mass is 411 g/mol. The Balaban J connectivity index is 1.58. The molecule has 29 heavy (non-hydrogen) atoms. The number of benzene rings is 2. The highest BCUT2D eigenvalue weighted by Crippen LogP contribution is 2.46. The Morgan fingerprint density at radius 2 is 1.79 bits per heavy atom. The highest BCUT2D eigenvalue weighted by atomic mass is 35.5. The Kier molecular flexibility index (Phi) is 5.95. The second-order valence-electron chi connectivity index (χ2n) is 8.79. The van der Waals surface area contributed by atoms with Crippen LogP contribution < -0.4 is 0 Å². The maximum absolute atomic E-state index is 13.1. The van der Waals surface area contributed by atoms with E-state index in [0.717, 1.165) is 31.2 Å². The van der Waals surface area contributed by atoms with Crippen molar-refractivity contribution in [1.29, 1.82) is 0 Å². The number of rotatable bonds is 5. The summed E-state index contributed by atoms with van der Waals surface area (Å²) in [5.74, 6) is 1.20. The van der Waals surface area contributed by atoms with Crippen molar-refractivity contribution in [2.24, 2.45) is 11.8 Å². The van der Waals surface area contributed by atoms with Gasteiger partial charge in [-0.15, -0.1) is 0 Å². The predicted octanol–water partition coefficient (Wildman–Crippen LogP) is 3.84. The summed E-state index contributed by atoms with van der Waals surface area (Å²) in [6.45, 7) is 6.36. The molecule has 2 aromatic rings. The van der Waals surface area contributed by atoms with Crippen LogP contribution in [0.4, 0.5) is 0 Å². The van der Waals surface area contributed by atoms with Crippen molar-refractivity contribution >= 4 is 17.5 Å². The number of hydrogen-bond donors (Lipinski definition) is 0. The standard InChI is InChI=1S/C24H30ClN3O/c1-17-8-4-6-10-20(17)24-21-15-27(12-18-9-5-7-11-22(18)25)13-19(21)14-28(24)23(29)16-26(2)3/h4-11,19,21,24H,12-16H2,1-3H3/t19-,21-,24+/m1/s1. The molecule has 2 aliphatic heterocycles. The van der Waals surface area contributed by atoms with Gasteiger partial charge in [-0.3, -0.25) is 9.69 Å². The largest absolute Gasteiger partial charge is 0.334 e. The molecule has 4 nitrogen and oxygen atoms in total. The molecule has 3 atom stereocenters. The van der Waals surface area contributed by atoms with Gasteiger partial charge in [0.1, 0.15) is 0 Å². The van der Waals surface area contributed by atoms with E-state index in [2.05, 4.69) is 53.1 Å². The summed E-state index contributed by atoms with van der Waals surface area (Å²) in [5, 5.41) is 0.836. The second kappa shape index (κ2) is 8.47. The van der Waals surface area contributed by atoms with Crippen LogP contribution in [0.5, 0.6) is 0 Å². The van der Waals surface area contributed by atoms with Gasteiger partial charge in [0.25, 0.3) is 0 Å². The van der Waals surface area contributed by atoms with Crippen LogP contribution in [0.3, 0.4) is 0 Å². The molecule has 0 bridgehead atoms. The van der Waals surface area contributed by atoms with Crippen LogP contribution >= 0.6 is 11.6 Å². The molecule has 0 spiro atoms. The number of aryl methyl sites for hydroxylation is 1. The Hall–Kier alpha value is -1.88. The fourth-order valence-corrected chi connectivity index (χ4v) is 5.26. The van der Waals surface area contributed by atoms with Gasteiger partial charge in [-0.2, -0.15) is 0 Å². The molecule has 154 valence electrons. The van der Waals surface area contributed by atoms with Crippen LogP contribution in [-0.4, -0.2) is 60.9 Å². The molecule has 0 radical (unpaired) electrons. The quantitative estimate of drug-likeness (QED) is 0.747. The molecule has 2 heterocycles. The van der Waals surface area contributed by atoms with Crippen LogP contribution in [0.25, 0.3) is 0 Å². The van der Waals surface area contributed by atoms with Gasteiger partial charge in [0, 0.05) is 37.1 Å². The van der Waals surface area contributed by atoms with Crippen LogP contribution in [-0.2, 0) is 11.3 Å². The lowest BCUT2D eigenvalue weighted by Crippen LogP contribution is -2.40. The van der Waals surface area contributed by atoms with Gasteiger partial charge in [-0.05, 0) is 49.7 Å². The normalized spacial score (nSPS) is 24.3. The SMILES string of the molecule is Cc1ccccc1[C@H]1[C@@H]2CN(Cc3ccccc3Cl)C[C@@H]2CN1C(=O)CN(C)C. The average Bonchev–Trinajstić information content (AvgIpc) is 3.21. The first-order valence-electron chi connectivity index (χ1n) is 10.4. The smallest absolute Gasteiger partial charge is 0.237 e. The van der Waals surface area contributed by atoms with Crippen LogP contribution in [0, 0.1) is 18.8 Å². The summed E-state index contributed by atoms with van der Waals surface area (Å²) in [6, 6.07) is 16.8. The van der Waals surface area contributed by atoms with Gasteiger partial charge in [0.05, 0.1) is 12.6 Å². The molecule has 2 aromatic carbocycles. The van der Waals surface area contributed by atoms with Crippen molar-refractivity contribution in [1.82, 2.24) is 14.7 Å². The van der Waals surface area contributed by atoms with Crippen molar-refractivity contribution in [3.63, 3.8) is 0 Å². The molecule has 0 aromatic heterocycles. The summed E-state index contributed by atoms with van der Waals surface area (Å²) >= 11 is 6.40. The number of fused-ring (bicyclic) bond motifs is 1. The number of hydrogen-bond acceptors (Lipinski definition) is 3. The molecule has 0 N–H and O–H groups in total. The van der Waals surface area contributed by atoms with Crippen molar-refractivity contribution < 1.29 is 4.79 Å². The Labute approximate surface area is 179 Å². The van der Waals surface area contributed by atoms with E-state index in [9.17, 15) is 4.79 Å². The van der Waals surface area contributed by atoms with E-state index in [1.165, 1.54) is 16.7 Å². The molecule has 2 saturated heterocycles. The lowest BCUT2D eigenvalue weighted by molar-refractivity contribution is -0.133. The average molecular weight is 412 g/mol. The van der Waals surface area contributed by atoms with Gasteiger partial charge in [0.2, 0.25) is 5.91 Å². The van der Waals surface area contributed by atoms with Gasteiger partial charge >= 0.3 is 0 Å². The third-order valence-corrected chi connectivity index (χ3v) is 6.74. The van der Waals surface area contributed by atoms with E-state index < -0.39 is 0 Å². The van der Waals surface area contributed by atoms with E-state index >= 15 is 0 Å². The number of nitrogens with zero attached hydrogens (tertiary/aromatic N) is 3. The highest BCUT2D eigenvalue weighted by molar-refractivity contribution is 6.31. The topological polar surface area (TPSA) is 26.8 Å². The third-order valence-electron chi connectivity index (χ3n) is 6.37. The summed E-state index contributed by atoms with van der Waals surface area (Å²) in [5.41, 5.74) is 3.75. The lowest BCUT2D eigenvalue weighted by Gasteiger charge is -2.31. The van der Waals surface area contributed by atoms with E-state index in [0.29, 0.717) is 18.4 Å². The number of likely N-dealkylation sites (N-methyl/N-ethyl adjacent to an activating group) is 1. The van der Waals surface area contributed by atoms with Gasteiger partial charge in [-0.1, -0.05) is 54.1 Å². The van der Waals surface area contributed by atoms with Crippen molar-refractivity contribution in [2.75, 3.05) is 40.3 Å². The number of amides is 1. The second-order valence-corrected chi connectivity index (χ2v) is 9.20. The highest BCUT2D eigenvalue weighted by Gasteiger charge is 2.49. The zero-order chi connectivity index (χ0) is 20.5. The zero-order valence-corrected chi connectivity index (χ0v) is 18.3. The van der Waals surface area contributed by atoms with Crippen LogP contribution in [0.1, 0.15) is 22.7 Å². The maximum atomic E-state index is 13.1. The molecular weight excluding hydrogens is 382 g/mol. The minimum atomic E-state index is 0.157. The first-order chi connectivity index (χ1) is 13.9. The molecule has 1 amide bonds. The lowest BCUT2D eigenvalue weighted by atomic mass is 9.87. The van der Waals surface area contributed by atoms with Crippen molar-refractivity contribution in [2.45, 2.75) is 19.5 Å². The third kappa shape index (κ3) is 4.20. The summed E-state index contributed by atoms with van der Waals surface area (Å²) < 4.78 is 0. The fraction of sp³-hybridized carbons (Fsp3) is 0.458. The fourth-order valence-electron chi connectivity index (χ4n) is 5.07. The number of carbonyl (C=O) groups is 1. The molecule has 2 fully saturated rings. The summed E-state index contributed by atoms with van der Waals surface area (Å²) in [4.78, 5) is 19.7. The van der Waals surface area contributed by atoms with Gasteiger partial charge in [0.15, 0.2) is 0 Å². The van der Waals surface area contributed by atoms with Crippen LogP contribution in [0.2, 0.25) is 5.02 Å². The predicted molar refractivity (Wildman–Crippen MR) is 118 cm³/mol. The Morgan fingerprint density at radius 3 is 2.52 bits per heavy atom. The molecule has 0 saturated carbocycles.